The fourth-order valence-corrected chi connectivity index (χ4v) is 4.36. The molecule has 39 heavy (non-hydrogen) atoms. The van der Waals surface area contributed by atoms with Crippen LogP contribution in [-0.4, -0.2) is 24.5 Å². The van der Waals surface area contributed by atoms with Gasteiger partial charge in [-0.15, -0.1) is 6.58 Å². The largest absolute Gasteiger partial charge is 0.490 e. The van der Waals surface area contributed by atoms with Gasteiger partial charge in [0.15, 0.2) is 11.5 Å². The number of nitrogens with one attached hydrogen (secondary N) is 1. The second-order valence-corrected chi connectivity index (χ2v) is 9.60. The number of carbonyl (C=O) groups excluding carboxylic acids is 3. The van der Waals surface area contributed by atoms with Crippen LogP contribution in [0.25, 0.3) is 6.08 Å². The summed E-state index contributed by atoms with van der Waals surface area (Å²) in [5.41, 5.74) is 2.77. The number of urea groups is 1. The predicted octanol–water partition coefficient (Wildman–Crippen LogP) is 6.27. The Morgan fingerprint density at radius 1 is 1.08 bits per heavy atom. The Labute approximate surface area is 234 Å². The van der Waals surface area contributed by atoms with Gasteiger partial charge in [0.1, 0.15) is 18.0 Å². The van der Waals surface area contributed by atoms with Crippen LogP contribution in [-0.2, 0) is 22.6 Å². The zero-order chi connectivity index (χ0) is 28.1. The molecule has 1 saturated heterocycles. The van der Waals surface area contributed by atoms with Gasteiger partial charge >= 0.3 is 6.03 Å². The third kappa shape index (κ3) is 6.26. The van der Waals surface area contributed by atoms with Crippen LogP contribution in [0.1, 0.15) is 29.2 Å². The standard InChI is InChI=1S/C30H26BrFN2O5/c1-4-7-21-13-20(16-26(38-5-2)27(21)39-17-19-8-6-9-22(32)14-19)15-24-28(35)33-30(37)34(29(24)36)23-10-11-25(31)18(3)12-23/h4,6,8-16H,1,5,7,17H2,2-3H3,(H,33,35,37)/b24-15+. The van der Waals surface area contributed by atoms with Crippen LogP contribution in [0.15, 0.2) is 77.3 Å². The molecule has 1 aliphatic heterocycles. The van der Waals surface area contributed by atoms with Crippen LogP contribution in [0, 0.1) is 12.7 Å². The number of carbonyl (C=O) groups is 3. The van der Waals surface area contributed by atoms with Crippen molar-refractivity contribution in [3.05, 3.63) is 105 Å². The molecule has 1 heterocycles. The number of barbiturate groups is 1. The van der Waals surface area contributed by atoms with E-state index in [9.17, 15) is 18.8 Å². The minimum absolute atomic E-state index is 0.104. The van der Waals surface area contributed by atoms with Gasteiger partial charge < -0.3 is 9.47 Å². The minimum Gasteiger partial charge on any atom is -0.490 e. The number of amides is 4. The highest BCUT2D eigenvalue weighted by Gasteiger charge is 2.37. The summed E-state index contributed by atoms with van der Waals surface area (Å²) in [6.45, 7) is 7.89. The number of rotatable bonds is 9. The van der Waals surface area contributed by atoms with Gasteiger partial charge in [-0.3, -0.25) is 14.9 Å². The number of nitrogens with zero attached hydrogens (tertiary/aromatic N) is 1. The highest BCUT2D eigenvalue weighted by atomic mass is 79.9. The topological polar surface area (TPSA) is 84.9 Å². The maximum Gasteiger partial charge on any atom is 0.335 e. The summed E-state index contributed by atoms with van der Waals surface area (Å²) in [6.07, 6.45) is 3.50. The number of hydrogen-bond donors (Lipinski definition) is 1. The summed E-state index contributed by atoms with van der Waals surface area (Å²) < 4.78 is 26.3. The summed E-state index contributed by atoms with van der Waals surface area (Å²) in [4.78, 5) is 39.7. The van der Waals surface area contributed by atoms with Gasteiger partial charge in [-0.05, 0) is 85.5 Å². The van der Waals surface area contributed by atoms with Crippen LogP contribution < -0.4 is 19.7 Å². The molecule has 7 nitrogen and oxygen atoms in total. The molecule has 0 aliphatic carbocycles. The number of aryl methyl sites for hydroxylation is 1. The first-order chi connectivity index (χ1) is 18.7. The normalized spacial score (nSPS) is 14.4. The van der Waals surface area contributed by atoms with E-state index in [1.165, 1.54) is 18.2 Å². The van der Waals surface area contributed by atoms with E-state index in [0.717, 1.165) is 14.9 Å². The van der Waals surface area contributed by atoms with Crippen molar-refractivity contribution in [2.75, 3.05) is 11.5 Å². The number of hydrogen-bond acceptors (Lipinski definition) is 5. The lowest BCUT2D eigenvalue weighted by Gasteiger charge is -2.27. The molecule has 4 rings (SSSR count). The van der Waals surface area contributed by atoms with E-state index in [1.807, 2.05) is 13.8 Å². The highest BCUT2D eigenvalue weighted by molar-refractivity contribution is 9.10. The molecular formula is C30H26BrFN2O5. The molecule has 0 spiro atoms. The zero-order valence-electron chi connectivity index (χ0n) is 21.4. The molecule has 1 N–H and O–H groups in total. The number of halogens is 2. The molecule has 1 aliphatic rings. The number of imide groups is 2. The van der Waals surface area contributed by atoms with Gasteiger partial charge in [0.2, 0.25) is 0 Å². The number of allylic oxidation sites excluding steroid dienone is 1. The van der Waals surface area contributed by atoms with Crippen molar-refractivity contribution in [1.82, 2.24) is 5.32 Å². The first-order valence-corrected chi connectivity index (χ1v) is 13.0. The van der Waals surface area contributed by atoms with Gasteiger partial charge in [0.05, 0.1) is 12.3 Å². The third-order valence-corrected chi connectivity index (χ3v) is 6.79. The molecule has 3 aromatic carbocycles. The summed E-state index contributed by atoms with van der Waals surface area (Å²) in [6, 6.07) is 13.7. The zero-order valence-corrected chi connectivity index (χ0v) is 23.0. The Morgan fingerprint density at radius 2 is 1.87 bits per heavy atom. The van der Waals surface area contributed by atoms with E-state index < -0.39 is 17.8 Å². The molecule has 200 valence electrons. The Bertz CT molecular complexity index is 1500. The summed E-state index contributed by atoms with van der Waals surface area (Å²) in [5.74, 6) is -1.08. The van der Waals surface area contributed by atoms with E-state index in [4.69, 9.17) is 9.47 Å². The van der Waals surface area contributed by atoms with Gasteiger partial charge in [0, 0.05) is 10.0 Å². The van der Waals surface area contributed by atoms with Crippen LogP contribution in [0.5, 0.6) is 11.5 Å². The van der Waals surface area contributed by atoms with E-state index >= 15 is 0 Å². The monoisotopic (exact) mass is 592 g/mol. The lowest BCUT2D eigenvalue weighted by Crippen LogP contribution is -2.54. The second kappa shape index (κ2) is 12.1. The molecule has 9 heteroatoms. The van der Waals surface area contributed by atoms with E-state index in [-0.39, 0.29) is 18.0 Å². The van der Waals surface area contributed by atoms with Gasteiger partial charge in [0.25, 0.3) is 11.8 Å². The van der Waals surface area contributed by atoms with Crippen molar-refractivity contribution < 1.29 is 28.2 Å². The Kier molecular flexibility index (Phi) is 8.61. The molecule has 0 saturated carbocycles. The molecule has 3 aromatic rings. The van der Waals surface area contributed by atoms with Gasteiger partial charge in [-0.25, -0.2) is 14.1 Å². The number of ether oxygens (including phenoxy) is 2. The quantitative estimate of drug-likeness (QED) is 0.180. The lowest BCUT2D eigenvalue weighted by molar-refractivity contribution is -0.122. The van der Waals surface area contributed by atoms with E-state index in [1.54, 1.807) is 48.5 Å². The lowest BCUT2D eigenvalue weighted by atomic mass is 10.0. The third-order valence-electron chi connectivity index (χ3n) is 5.90. The average Bonchev–Trinajstić information content (AvgIpc) is 2.88. The van der Waals surface area contributed by atoms with Gasteiger partial charge in [-0.2, -0.15) is 0 Å². The van der Waals surface area contributed by atoms with E-state index in [0.29, 0.717) is 46.9 Å². The summed E-state index contributed by atoms with van der Waals surface area (Å²) in [7, 11) is 0. The summed E-state index contributed by atoms with van der Waals surface area (Å²) >= 11 is 3.41. The maximum absolute atomic E-state index is 13.6. The predicted molar refractivity (Wildman–Crippen MR) is 150 cm³/mol. The smallest absolute Gasteiger partial charge is 0.335 e. The number of anilines is 1. The van der Waals surface area contributed by atoms with E-state index in [2.05, 4.69) is 27.8 Å². The van der Waals surface area contributed by atoms with Crippen LogP contribution >= 0.6 is 15.9 Å². The van der Waals surface area contributed by atoms with Gasteiger partial charge in [-0.1, -0.05) is 34.1 Å². The van der Waals surface area contributed by atoms with Crippen molar-refractivity contribution in [1.29, 1.82) is 0 Å². The molecule has 0 aromatic heterocycles. The molecule has 1 fully saturated rings. The molecule has 0 atom stereocenters. The van der Waals surface area contributed by atoms with Crippen molar-refractivity contribution in [3.8, 4) is 11.5 Å². The van der Waals surface area contributed by atoms with Crippen LogP contribution in [0.2, 0.25) is 0 Å². The molecule has 4 amide bonds. The first kappa shape index (κ1) is 27.8. The SMILES string of the molecule is C=CCc1cc(/C=C2\C(=O)NC(=O)N(c3ccc(Br)c(C)c3)C2=O)cc(OCC)c1OCc1cccc(F)c1. The summed E-state index contributed by atoms with van der Waals surface area (Å²) in [5, 5.41) is 2.24. The van der Waals surface area contributed by atoms with Crippen molar-refractivity contribution in [3.63, 3.8) is 0 Å². The first-order valence-electron chi connectivity index (χ1n) is 12.2. The second-order valence-electron chi connectivity index (χ2n) is 8.74. The van der Waals surface area contributed by atoms with Crippen molar-refractivity contribution in [2.45, 2.75) is 26.9 Å². The Balaban J connectivity index is 1.72. The molecule has 0 unspecified atom stereocenters. The van der Waals surface area contributed by atoms with Crippen LogP contribution in [0.3, 0.4) is 0 Å². The highest BCUT2D eigenvalue weighted by Crippen LogP contribution is 2.36. The minimum atomic E-state index is -0.827. The Morgan fingerprint density at radius 3 is 2.56 bits per heavy atom. The molecule has 0 radical (unpaired) electrons. The van der Waals surface area contributed by atoms with Crippen molar-refractivity contribution in [2.24, 2.45) is 0 Å². The average molecular weight is 593 g/mol. The van der Waals surface area contributed by atoms with Crippen molar-refractivity contribution >= 4 is 45.5 Å². The molecular weight excluding hydrogens is 567 g/mol. The fourth-order valence-electron chi connectivity index (χ4n) is 4.11. The number of benzene rings is 3. The molecule has 0 bridgehead atoms. The fraction of sp³-hybridized carbons (Fsp3) is 0.167. The van der Waals surface area contributed by atoms with Crippen LogP contribution in [0.4, 0.5) is 14.9 Å². The maximum atomic E-state index is 13.6. The Hall–Kier alpha value is -4.24.